The zero-order chi connectivity index (χ0) is 31.7. The number of hydrogen-bond donors (Lipinski definition) is 3. The van der Waals surface area contributed by atoms with E-state index in [0.29, 0.717) is 32.2 Å². The number of H-pyrrole nitrogens is 1. The summed E-state index contributed by atoms with van der Waals surface area (Å²) >= 11 is 0. The second-order valence-corrected chi connectivity index (χ2v) is 12.5. The standard InChI is InChI=1S/C25H27F3N4O3S.C2HF3O2/c26-25(27,28)19-7-4-8-20-22(19)31-23(30-20)18-11-12-32(24(18)33)21-10-9-16(29)13-15(21)14-36(34,35)17-5-2-1-3-6-17;3-2(4,5)1(6)7/h1-8,15-16,18,21H,9-14,29H2,(H,30,31);(H,6,7). The average molecular weight is 635 g/mol. The molecule has 2 aromatic carbocycles. The second kappa shape index (κ2) is 12.1. The quantitative estimate of drug-likeness (QED) is 0.351. The third-order valence-corrected chi connectivity index (χ3v) is 9.43. The van der Waals surface area contributed by atoms with Crippen LogP contribution in [0.5, 0.6) is 0 Å². The molecule has 234 valence electrons. The van der Waals surface area contributed by atoms with Crippen molar-refractivity contribution in [2.75, 3.05) is 12.3 Å². The maximum atomic E-state index is 13.5. The van der Waals surface area contributed by atoms with E-state index < -0.39 is 39.6 Å². The summed E-state index contributed by atoms with van der Waals surface area (Å²) in [6, 6.07) is 11.5. The highest BCUT2D eigenvalue weighted by atomic mass is 32.2. The normalized spacial score (nSPS) is 23.2. The Balaban J connectivity index is 0.000000541. The average Bonchev–Trinajstić information content (AvgIpc) is 3.51. The van der Waals surface area contributed by atoms with E-state index in [1.165, 1.54) is 12.1 Å². The van der Waals surface area contributed by atoms with Gasteiger partial charge in [-0.15, -0.1) is 0 Å². The first-order valence-corrected chi connectivity index (χ1v) is 14.8. The van der Waals surface area contributed by atoms with Crippen molar-refractivity contribution in [3.05, 3.63) is 59.9 Å². The highest BCUT2D eigenvalue weighted by Crippen LogP contribution is 2.39. The van der Waals surface area contributed by atoms with Crippen LogP contribution in [0.4, 0.5) is 26.3 Å². The summed E-state index contributed by atoms with van der Waals surface area (Å²) in [5.41, 5.74) is 5.38. The molecule has 3 aromatic rings. The number of rotatable bonds is 5. The molecule has 1 amide bonds. The summed E-state index contributed by atoms with van der Waals surface area (Å²) < 4.78 is 98.2. The molecule has 4 unspecified atom stereocenters. The SMILES string of the molecule is NC1CCC(N2CCC(c3nc4cccc(C(F)(F)F)c4[nH]3)C2=O)C(CS(=O)(=O)c2ccccc2)C1.O=C(O)C(F)(F)F. The number of carboxylic acid groups (broad SMARTS) is 1. The van der Waals surface area contributed by atoms with Gasteiger partial charge >= 0.3 is 18.3 Å². The van der Waals surface area contributed by atoms with Gasteiger partial charge in [0.25, 0.3) is 0 Å². The zero-order valence-electron chi connectivity index (χ0n) is 22.4. The van der Waals surface area contributed by atoms with Gasteiger partial charge in [0, 0.05) is 18.6 Å². The Morgan fingerprint density at radius 3 is 2.28 bits per heavy atom. The Hall–Kier alpha value is -3.66. The van der Waals surface area contributed by atoms with Gasteiger partial charge in [-0.1, -0.05) is 24.3 Å². The summed E-state index contributed by atoms with van der Waals surface area (Å²) in [6.45, 7) is 0.383. The van der Waals surface area contributed by atoms with Crippen LogP contribution < -0.4 is 5.73 Å². The smallest absolute Gasteiger partial charge is 0.475 e. The topological polar surface area (TPSA) is 146 Å². The van der Waals surface area contributed by atoms with E-state index in [-0.39, 0.29) is 51.4 Å². The van der Waals surface area contributed by atoms with Gasteiger partial charge in [0.15, 0.2) is 9.84 Å². The van der Waals surface area contributed by atoms with Crippen LogP contribution in [0.2, 0.25) is 0 Å². The van der Waals surface area contributed by atoms with Gasteiger partial charge < -0.3 is 20.7 Å². The first kappa shape index (κ1) is 32.3. The molecule has 0 bridgehead atoms. The minimum absolute atomic E-state index is 0.122. The molecule has 2 aliphatic rings. The molecule has 9 nitrogen and oxygen atoms in total. The molecule has 0 spiro atoms. The zero-order valence-corrected chi connectivity index (χ0v) is 23.2. The highest BCUT2D eigenvalue weighted by molar-refractivity contribution is 7.91. The van der Waals surface area contributed by atoms with E-state index in [0.717, 1.165) is 6.07 Å². The predicted octanol–water partition coefficient (Wildman–Crippen LogP) is 4.50. The third kappa shape index (κ3) is 7.29. The predicted molar refractivity (Wildman–Crippen MR) is 141 cm³/mol. The van der Waals surface area contributed by atoms with Gasteiger partial charge in [-0.05, 0) is 55.9 Å². The fourth-order valence-corrected chi connectivity index (χ4v) is 7.30. The molecule has 1 aliphatic carbocycles. The van der Waals surface area contributed by atoms with Crippen molar-refractivity contribution < 1.29 is 49.5 Å². The molecule has 2 heterocycles. The summed E-state index contributed by atoms with van der Waals surface area (Å²) in [7, 11) is -3.58. The monoisotopic (exact) mass is 634 g/mol. The number of fused-ring (bicyclic) bond motifs is 1. The van der Waals surface area contributed by atoms with E-state index in [4.69, 9.17) is 15.6 Å². The molecular formula is C27H28F6N4O5S. The van der Waals surface area contributed by atoms with E-state index in [2.05, 4.69) is 9.97 Å². The molecular weight excluding hydrogens is 606 g/mol. The van der Waals surface area contributed by atoms with E-state index in [1.54, 1.807) is 35.2 Å². The summed E-state index contributed by atoms with van der Waals surface area (Å²) in [4.78, 5) is 31.4. The van der Waals surface area contributed by atoms with Crippen molar-refractivity contribution >= 4 is 32.7 Å². The minimum Gasteiger partial charge on any atom is -0.475 e. The number of alkyl halides is 6. The van der Waals surface area contributed by atoms with Crippen LogP contribution in [-0.2, 0) is 25.6 Å². The molecule has 16 heteroatoms. The van der Waals surface area contributed by atoms with E-state index in [1.807, 2.05) is 0 Å². The molecule has 0 radical (unpaired) electrons. The lowest BCUT2D eigenvalue weighted by Gasteiger charge is -2.40. The number of nitrogens with one attached hydrogen (secondary N) is 1. The number of likely N-dealkylation sites (tertiary alicyclic amines) is 1. The lowest BCUT2D eigenvalue weighted by atomic mass is 9.82. The third-order valence-electron chi connectivity index (χ3n) is 7.57. The van der Waals surface area contributed by atoms with Crippen molar-refractivity contribution in [1.29, 1.82) is 0 Å². The van der Waals surface area contributed by atoms with E-state index >= 15 is 0 Å². The van der Waals surface area contributed by atoms with E-state index in [9.17, 15) is 39.6 Å². The van der Waals surface area contributed by atoms with Gasteiger partial charge in [-0.3, -0.25) is 4.79 Å². The molecule has 1 aromatic heterocycles. The van der Waals surface area contributed by atoms with Crippen molar-refractivity contribution in [3.8, 4) is 0 Å². The number of para-hydroxylation sites is 1. The number of nitrogens with two attached hydrogens (primary N) is 1. The Morgan fingerprint density at radius 2 is 1.67 bits per heavy atom. The molecule has 1 saturated heterocycles. The number of aliphatic carboxylic acids is 1. The minimum atomic E-state index is -5.08. The van der Waals surface area contributed by atoms with Gasteiger partial charge in [-0.2, -0.15) is 26.3 Å². The lowest BCUT2D eigenvalue weighted by molar-refractivity contribution is -0.192. The number of nitrogens with zero attached hydrogens (tertiary/aromatic N) is 2. The number of sulfone groups is 1. The largest absolute Gasteiger partial charge is 0.490 e. The van der Waals surface area contributed by atoms with Crippen LogP contribution in [0.3, 0.4) is 0 Å². The number of halogens is 6. The van der Waals surface area contributed by atoms with Gasteiger partial charge in [0.2, 0.25) is 5.91 Å². The molecule has 5 rings (SSSR count). The first-order valence-electron chi connectivity index (χ1n) is 13.2. The lowest BCUT2D eigenvalue weighted by Crippen LogP contribution is -2.49. The van der Waals surface area contributed by atoms with Crippen molar-refractivity contribution in [2.45, 2.75) is 60.9 Å². The number of carbonyl (C=O) groups is 2. The number of benzene rings is 2. The number of hydrogen-bond acceptors (Lipinski definition) is 6. The molecule has 4 N–H and O–H groups in total. The summed E-state index contributed by atoms with van der Waals surface area (Å²) in [5, 5.41) is 7.12. The van der Waals surface area contributed by atoms with Crippen LogP contribution in [-0.4, -0.2) is 70.8 Å². The van der Waals surface area contributed by atoms with Gasteiger partial charge in [0.05, 0.1) is 33.2 Å². The molecule has 1 aliphatic heterocycles. The van der Waals surface area contributed by atoms with Crippen molar-refractivity contribution in [1.82, 2.24) is 14.9 Å². The molecule has 1 saturated carbocycles. The number of aromatic amines is 1. The Bertz CT molecular complexity index is 1580. The van der Waals surface area contributed by atoms with Crippen LogP contribution in [0, 0.1) is 5.92 Å². The summed E-state index contributed by atoms with van der Waals surface area (Å²) in [6.07, 6.45) is -7.52. The highest BCUT2D eigenvalue weighted by Gasteiger charge is 2.44. The molecule has 2 fully saturated rings. The fraction of sp³-hybridized carbons (Fsp3) is 0.444. The number of imidazole rings is 1. The second-order valence-electron chi connectivity index (χ2n) is 10.5. The molecule has 43 heavy (non-hydrogen) atoms. The van der Waals surface area contributed by atoms with Gasteiger partial charge in [0.1, 0.15) is 5.82 Å². The maximum absolute atomic E-state index is 13.5. The first-order chi connectivity index (χ1) is 20.0. The van der Waals surface area contributed by atoms with Crippen molar-refractivity contribution in [3.63, 3.8) is 0 Å². The number of aromatic nitrogens is 2. The van der Waals surface area contributed by atoms with Crippen LogP contribution in [0.1, 0.15) is 43.0 Å². The number of carbonyl (C=O) groups excluding carboxylic acids is 1. The summed E-state index contributed by atoms with van der Waals surface area (Å²) in [5.74, 6) is -3.97. The van der Waals surface area contributed by atoms with Crippen molar-refractivity contribution in [2.24, 2.45) is 11.7 Å². The maximum Gasteiger partial charge on any atom is 0.490 e. The van der Waals surface area contributed by atoms with Crippen LogP contribution in [0.15, 0.2) is 53.4 Å². The fourth-order valence-electron chi connectivity index (χ4n) is 5.62. The van der Waals surface area contributed by atoms with Gasteiger partial charge in [-0.25, -0.2) is 18.2 Å². The van der Waals surface area contributed by atoms with Crippen LogP contribution in [0.25, 0.3) is 11.0 Å². The number of amides is 1. The Morgan fingerprint density at radius 1 is 1.02 bits per heavy atom. The Labute approximate surface area is 242 Å². The Kier molecular flexibility index (Phi) is 9.11. The molecule has 4 atom stereocenters. The number of carboxylic acids is 1. The van der Waals surface area contributed by atoms with Crippen LogP contribution >= 0.6 is 0 Å².